The third-order valence-electron chi connectivity index (χ3n) is 0.489. The highest BCUT2D eigenvalue weighted by atomic mass is 33.1. The fourth-order valence-electron chi connectivity index (χ4n) is 0.201. The predicted octanol–water partition coefficient (Wildman–Crippen LogP) is 1.74. The summed E-state index contributed by atoms with van der Waals surface area (Å²) in [5.41, 5.74) is 3.93. The smallest absolute Gasteiger partial charge is 0.0402 e. The Bertz CT molecular complexity index is 89.7. The predicted molar refractivity (Wildman–Crippen MR) is 44.3 cm³/mol. The largest absolute Gasteiger partial charge is 0.330 e. The Hall–Kier alpha value is 0.660. The van der Waals surface area contributed by atoms with Crippen molar-refractivity contribution in [2.75, 3.05) is 18.0 Å². The Morgan fingerprint density at radius 3 is 2.88 bits per heavy atom. The van der Waals surface area contributed by atoms with Crippen LogP contribution in [-0.4, -0.2) is 18.0 Å². The third kappa shape index (κ3) is 6.66. The molecule has 0 unspecified atom stereocenters. The highest BCUT2D eigenvalue weighted by Gasteiger charge is 1.83. The highest BCUT2D eigenvalue weighted by Crippen LogP contribution is 2.20. The minimum atomic E-state index is -1.25. The van der Waals surface area contributed by atoms with Crippen LogP contribution in [0, 0.1) is 0 Å². The van der Waals surface area contributed by atoms with Crippen molar-refractivity contribution in [1.82, 2.24) is 0 Å². The molecular weight excluding hydrogens is 138 g/mol. The maximum Gasteiger partial charge on any atom is 0.0402 e. The fourth-order valence-corrected chi connectivity index (χ4v) is 1.81. The Kier molecular flexibility index (Phi) is 5.21. The van der Waals surface area contributed by atoms with Gasteiger partial charge in [-0.1, -0.05) is 28.5 Å². The van der Waals surface area contributed by atoms with Crippen molar-refractivity contribution in [2.45, 2.75) is 13.3 Å². The normalized spacial score (nSPS) is 15.2. The summed E-state index contributed by atoms with van der Waals surface area (Å²) in [6, 6.07) is 0. The SMILES string of the molecule is [2H]C([2H])(CN)SSCCC. The second kappa shape index (κ2) is 7.66. The molecule has 0 aliphatic rings. The molecule has 0 radical (unpaired) electrons. The quantitative estimate of drug-likeness (QED) is 0.481. The van der Waals surface area contributed by atoms with Crippen LogP contribution in [0.15, 0.2) is 0 Å². The van der Waals surface area contributed by atoms with E-state index < -0.39 is 5.70 Å². The van der Waals surface area contributed by atoms with Gasteiger partial charge in [0, 0.05) is 20.7 Å². The molecule has 0 rings (SSSR count). The minimum Gasteiger partial charge on any atom is -0.330 e. The maximum atomic E-state index is 7.24. The van der Waals surface area contributed by atoms with E-state index in [0.717, 1.165) is 12.2 Å². The van der Waals surface area contributed by atoms with E-state index in [2.05, 4.69) is 6.92 Å². The standard InChI is InChI=1S/C5H13NS2/c1-2-4-7-8-5-3-6/h2-6H2,1H3/i5D2. The van der Waals surface area contributed by atoms with Crippen LogP contribution in [0.25, 0.3) is 0 Å². The molecule has 0 spiro atoms. The van der Waals surface area contributed by atoms with Crippen molar-refractivity contribution in [3.8, 4) is 0 Å². The lowest BCUT2D eigenvalue weighted by Gasteiger charge is -1.93. The summed E-state index contributed by atoms with van der Waals surface area (Å²) in [4.78, 5) is 0. The first-order chi connectivity index (χ1) is 4.62. The van der Waals surface area contributed by atoms with Crippen LogP contribution >= 0.6 is 21.6 Å². The van der Waals surface area contributed by atoms with Gasteiger partial charge in [0.15, 0.2) is 0 Å². The van der Waals surface area contributed by atoms with Gasteiger partial charge < -0.3 is 5.73 Å². The molecule has 50 valence electrons. The van der Waals surface area contributed by atoms with Crippen molar-refractivity contribution >= 4 is 21.6 Å². The highest BCUT2D eigenvalue weighted by molar-refractivity contribution is 8.76. The Morgan fingerprint density at radius 2 is 2.38 bits per heavy atom. The molecular formula is C5H13NS2. The molecule has 0 heterocycles. The summed E-state index contributed by atoms with van der Waals surface area (Å²) in [6.07, 6.45) is 1.08. The molecule has 0 amide bonds. The van der Waals surface area contributed by atoms with E-state index >= 15 is 0 Å². The average Bonchev–Trinajstić information content (AvgIpc) is 1.89. The van der Waals surface area contributed by atoms with Gasteiger partial charge in [0.05, 0.1) is 0 Å². The summed E-state index contributed by atoms with van der Waals surface area (Å²) in [5.74, 6) is 0.990. The van der Waals surface area contributed by atoms with E-state index in [9.17, 15) is 0 Å². The first kappa shape index (κ1) is 5.45. The van der Waals surface area contributed by atoms with Crippen LogP contribution in [0.3, 0.4) is 0 Å². The lowest BCUT2D eigenvalue weighted by atomic mass is 10.6. The lowest BCUT2D eigenvalue weighted by molar-refractivity contribution is 1.11. The number of hydrogen-bond acceptors (Lipinski definition) is 3. The van der Waals surface area contributed by atoms with Crippen LogP contribution in [0.2, 0.25) is 0 Å². The average molecular weight is 153 g/mol. The van der Waals surface area contributed by atoms with Crippen LogP contribution in [0.4, 0.5) is 0 Å². The monoisotopic (exact) mass is 153 g/mol. The topological polar surface area (TPSA) is 26.0 Å². The molecule has 0 saturated heterocycles. The molecule has 3 heteroatoms. The van der Waals surface area contributed by atoms with Crippen LogP contribution in [0.1, 0.15) is 16.1 Å². The van der Waals surface area contributed by atoms with Gasteiger partial charge in [0.25, 0.3) is 0 Å². The van der Waals surface area contributed by atoms with Gasteiger partial charge in [-0.2, -0.15) is 0 Å². The van der Waals surface area contributed by atoms with Gasteiger partial charge in [-0.25, -0.2) is 0 Å². The zero-order valence-corrected chi connectivity index (χ0v) is 6.65. The Labute approximate surface area is 62.0 Å². The molecule has 1 nitrogen and oxygen atoms in total. The first-order valence-corrected chi connectivity index (χ1v) is 4.95. The molecule has 0 saturated carbocycles. The zero-order valence-electron chi connectivity index (χ0n) is 7.02. The molecule has 0 atom stereocenters. The van der Waals surface area contributed by atoms with Crippen molar-refractivity contribution in [1.29, 1.82) is 0 Å². The molecule has 0 aromatic rings. The molecule has 0 bridgehead atoms. The molecule has 0 fully saturated rings. The second-order valence-electron chi connectivity index (χ2n) is 1.25. The van der Waals surface area contributed by atoms with E-state index in [1.165, 1.54) is 10.8 Å². The van der Waals surface area contributed by atoms with Crippen LogP contribution < -0.4 is 5.73 Å². The van der Waals surface area contributed by atoms with Gasteiger partial charge in [-0.15, -0.1) is 0 Å². The van der Waals surface area contributed by atoms with Crippen molar-refractivity contribution < 1.29 is 2.74 Å². The van der Waals surface area contributed by atoms with E-state index in [1.807, 2.05) is 0 Å². The number of nitrogens with two attached hydrogens (primary N) is 1. The molecule has 2 N–H and O–H groups in total. The van der Waals surface area contributed by atoms with Crippen LogP contribution in [0.5, 0.6) is 0 Å². The molecule has 0 aromatic carbocycles. The second-order valence-corrected chi connectivity index (χ2v) is 3.56. The summed E-state index contributed by atoms with van der Waals surface area (Å²) in [6.45, 7) is 2.17. The van der Waals surface area contributed by atoms with E-state index in [1.54, 1.807) is 10.8 Å². The van der Waals surface area contributed by atoms with Crippen molar-refractivity contribution in [2.24, 2.45) is 5.73 Å². The number of hydrogen-bond donors (Lipinski definition) is 1. The van der Waals surface area contributed by atoms with Gasteiger partial charge in [-0.05, 0) is 6.42 Å². The summed E-state index contributed by atoms with van der Waals surface area (Å²) >= 11 is 0. The number of rotatable bonds is 5. The summed E-state index contributed by atoms with van der Waals surface area (Å²) in [7, 11) is 2.77. The zero-order chi connectivity index (χ0) is 8.04. The third-order valence-corrected chi connectivity index (χ3v) is 2.67. The van der Waals surface area contributed by atoms with Crippen molar-refractivity contribution in [3.63, 3.8) is 0 Å². The summed E-state index contributed by atoms with van der Waals surface area (Å²) < 4.78 is 14.5. The van der Waals surface area contributed by atoms with Gasteiger partial charge in [0.1, 0.15) is 0 Å². The van der Waals surface area contributed by atoms with E-state index in [-0.39, 0.29) is 6.54 Å². The molecule has 0 aromatic heterocycles. The lowest BCUT2D eigenvalue weighted by Crippen LogP contribution is -1.99. The van der Waals surface area contributed by atoms with Crippen molar-refractivity contribution in [3.05, 3.63) is 0 Å². The van der Waals surface area contributed by atoms with Gasteiger partial charge in [0.2, 0.25) is 0 Å². The van der Waals surface area contributed by atoms with E-state index in [0.29, 0.717) is 0 Å². The molecule has 8 heavy (non-hydrogen) atoms. The fraction of sp³-hybridized carbons (Fsp3) is 1.00. The Morgan fingerprint density at radius 1 is 1.62 bits per heavy atom. The summed E-state index contributed by atoms with van der Waals surface area (Å²) in [5, 5.41) is 0. The van der Waals surface area contributed by atoms with Gasteiger partial charge in [-0.3, -0.25) is 0 Å². The Balaban J connectivity index is 3.28. The van der Waals surface area contributed by atoms with E-state index in [4.69, 9.17) is 8.48 Å². The minimum absolute atomic E-state index is 0.0916. The van der Waals surface area contributed by atoms with Crippen LogP contribution in [-0.2, 0) is 0 Å². The van der Waals surface area contributed by atoms with Gasteiger partial charge >= 0.3 is 0 Å². The molecule has 0 aliphatic heterocycles. The first-order valence-electron chi connectivity index (χ1n) is 3.63. The maximum absolute atomic E-state index is 7.24. The molecule has 0 aliphatic carbocycles.